The van der Waals surface area contributed by atoms with Crippen LogP contribution in [0.1, 0.15) is 60.9 Å². The minimum absolute atomic E-state index is 0.366. The van der Waals surface area contributed by atoms with E-state index >= 15 is 0 Å². The lowest BCUT2D eigenvalue weighted by molar-refractivity contribution is -0.146. The van der Waals surface area contributed by atoms with Crippen LogP contribution in [0.5, 0.6) is 5.75 Å². The summed E-state index contributed by atoms with van der Waals surface area (Å²) in [6.07, 6.45) is 3.59. The van der Waals surface area contributed by atoms with Gasteiger partial charge in [-0.1, -0.05) is 37.6 Å². The molecule has 0 spiro atoms. The fourth-order valence-corrected chi connectivity index (χ4v) is 4.72. The van der Waals surface area contributed by atoms with Crippen molar-refractivity contribution in [3.05, 3.63) is 53.6 Å². The first-order valence-electron chi connectivity index (χ1n) is 11.4. The number of methoxy groups -OCH3 is 1. The van der Waals surface area contributed by atoms with Gasteiger partial charge in [-0.15, -0.1) is 0 Å². The number of hydrogen-bond acceptors (Lipinski definition) is 4. The van der Waals surface area contributed by atoms with Crippen molar-refractivity contribution < 1.29 is 24.2 Å². The van der Waals surface area contributed by atoms with Gasteiger partial charge in [0.25, 0.3) is 5.91 Å². The Morgan fingerprint density at radius 1 is 1.16 bits per heavy atom. The Labute approximate surface area is 188 Å². The van der Waals surface area contributed by atoms with Crippen LogP contribution in [0.2, 0.25) is 0 Å². The maximum atomic E-state index is 13.2. The Bertz CT molecular complexity index is 989. The van der Waals surface area contributed by atoms with Crippen molar-refractivity contribution in [3.63, 3.8) is 0 Å². The number of carboxylic acid groups (broad SMARTS) is 1. The van der Waals surface area contributed by atoms with Crippen LogP contribution in [0.15, 0.2) is 42.5 Å². The molecular weight excluding hydrogens is 406 g/mol. The predicted octanol–water partition coefficient (Wildman–Crippen LogP) is 4.63. The second-order valence-corrected chi connectivity index (χ2v) is 8.97. The molecule has 6 heteroatoms. The van der Waals surface area contributed by atoms with Crippen LogP contribution in [-0.4, -0.2) is 42.8 Å². The van der Waals surface area contributed by atoms with Gasteiger partial charge in [0.2, 0.25) is 0 Å². The van der Waals surface area contributed by atoms with Crippen LogP contribution < -0.4 is 10.1 Å². The number of amides is 1. The monoisotopic (exact) mass is 437 g/mol. The number of rotatable bonds is 7. The van der Waals surface area contributed by atoms with Gasteiger partial charge < -0.3 is 19.9 Å². The zero-order valence-electron chi connectivity index (χ0n) is 18.7. The van der Waals surface area contributed by atoms with Gasteiger partial charge in [0.15, 0.2) is 0 Å². The molecule has 1 aliphatic carbocycles. The number of aliphatic carboxylic acids is 1. The number of hydrogen-bond donors (Lipinski definition) is 2. The summed E-state index contributed by atoms with van der Waals surface area (Å²) in [5, 5.41) is 12.8. The number of carbonyl (C=O) groups excluding carboxylic acids is 1. The largest absolute Gasteiger partial charge is 0.496 e. The molecule has 0 aromatic heterocycles. The lowest BCUT2D eigenvalue weighted by Crippen LogP contribution is -2.56. The molecule has 170 valence electrons. The molecule has 1 amide bonds. The number of carbonyl (C=O) groups is 2. The minimum Gasteiger partial charge on any atom is -0.496 e. The van der Waals surface area contributed by atoms with Crippen molar-refractivity contribution in [1.82, 2.24) is 5.32 Å². The van der Waals surface area contributed by atoms with E-state index in [0.29, 0.717) is 36.0 Å². The maximum absolute atomic E-state index is 13.2. The normalized spacial score (nSPS) is 23.2. The first-order chi connectivity index (χ1) is 15.5. The van der Waals surface area contributed by atoms with Gasteiger partial charge in [0.05, 0.1) is 20.3 Å². The summed E-state index contributed by atoms with van der Waals surface area (Å²) >= 11 is 0. The Morgan fingerprint density at radius 3 is 2.50 bits per heavy atom. The van der Waals surface area contributed by atoms with E-state index in [0.717, 1.165) is 43.6 Å². The van der Waals surface area contributed by atoms with E-state index in [9.17, 15) is 14.7 Å². The molecule has 1 heterocycles. The molecule has 2 aromatic carbocycles. The molecule has 2 aromatic rings. The van der Waals surface area contributed by atoms with E-state index in [1.54, 1.807) is 25.3 Å². The molecule has 2 aliphatic rings. The lowest BCUT2D eigenvalue weighted by atomic mass is 9.75. The fourth-order valence-electron chi connectivity index (χ4n) is 4.72. The SMILES string of the molecule is CCC1CCC(NC(=O)c2ccc(OC)c(-c3cccc(C4COC4)c3)c2)(C(=O)O)CC1. The number of ether oxygens (including phenoxy) is 2. The number of carboxylic acids is 1. The van der Waals surface area contributed by atoms with Crippen LogP contribution >= 0.6 is 0 Å². The van der Waals surface area contributed by atoms with Gasteiger partial charge in [-0.3, -0.25) is 4.79 Å². The highest BCUT2D eigenvalue weighted by molar-refractivity contribution is 5.99. The third kappa shape index (κ3) is 4.37. The summed E-state index contributed by atoms with van der Waals surface area (Å²) in [7, 11) is 1.60. The first kappa shape index (κ1) is 22.3. The van der Waals surface area contributed by atoms with E-state index in [4.69, 9.17) is 9.47 Å². The van der Waals surface area contributed by atoms with Crippen LogP contribution in [0.25, 0.3) is 11.1 Å². The summed E-state index contributed by atoms with van der Waals surface area (Å²) < 4.78 is 10.9. The van der Waals surface area contributed by atoms with Crippen molar-refractivity contribution in [2.75, 3.05) is 20.3 Å². The Kier molecular flexibility index (Phi) is 6.51. The molecule has 0 unspecified atom stereocenters. The van der Waals surface area contributed by atoms with Crippen LogP contribution in [-0.2, 0) is 9.53 Å². The van der Waals surface area contributed by atoms with E-state index in [1.165, 1.54) is 5.56 Å². The fraction of sp³-hybridized carbons (Fsp3) is 0.462. The molecule has 1 saturated heterocycles. The van der Waals surface area contributed by atoms with Gasteiger partial charge in [-0.2, -0.15) is 0 Å². The molecule has 0 atom stereocenters. The summed E-state index contributed by atoms with van der Waals surface area (Å²) in [5.41, 5.74) is 2.19. The van der Waals surface area contributed by atoms with Crippen molar-refractivity contribution in [2.45, 2.75) is 50.5 Å². The molecule has 6 nitrogen and oxygen atoms in total. The number of nitrogens with one attached hydrogen (secondary N) is 1. The van der Waals surface area contributed by atoms with Crippen LogP contribution in [0, 0.1) is 5.92 Å². The molecule has 1 aliphatic heterocycles. The van der Waals surface area contributed by atoms with Gasteiger partial charge in [-0.05, 0) is 60.9 Å². The average molecular weight is 438 g/mol. The standard InChI is InChI=1S/C26H31NO5/c1-3-17-9-11-26(12-10-17,25(29)30)27-24(28)20-7-8-23(31-2)22(14-20)19-6-4-5-18(13-19)21-15-32-16-21/h4-8,13-14,17,21H,3,9-12,15-16H2,1-2H3,(H,27,28)(H,29,30). The van der Waals surface area contributed by atoms with Gasteiger partial charge in [-0.25, -0.2) is 4.79 Å². The highest BCUT2D eigenvalue weighted by Gasteiger charge is 2.43. The molecule has 2 fully saturated rings. The molecule has 0 radical (unpaired) electrons. The smallest absolute Gasteiger partial charge is 0.329 e. The Balaban J connectivity index is 1.60. The second kappa shape index (κ2) is 9.33. The molecule has 0 bridgehead atoms. The van der Waals surface area contributed by atoms with Crippen molar-refractivity contribution in [3.8, 4) is 16.9 Å². The zero-order valence-corrected chi connectivity index (χ0v) is 18.7. The van der Waals surface area contributed by atoms with Gasteiger partial charge in [0, 0.05) is 17.0 Å². The quantitative estimate of drug-likeness (QED) is 0.660. The summed E-state index contributed by atoms with van der Waals surface area (Å²) in [6, 6.07) is 13.4. The summed E-state index contributed by atoms with van der Waals surface area (Å²) in [6.45, 7) is 3.57. The van der Waals surface area contributed by atoms with E-state index in [-0.39, 0.29) is 5.91 Å². The number of benzene rings is 2. The van der Waals surface area contributed by atoms with Crippen LogP contribution in [0.4, 0.5) is 0 Å². The molecule has 4 rings (SSSR count). The second-order valence-electron chi connectivity index (χ2n) is 8.97. The summed E-state index contributed by atoms with van der Waals surface area (Å²) in [4.78, 5) is 25.3. The summed E-state index contributed by atoms with van der Waals surface area (Å²) in [5.74, 6) is 0.265. The van der Waals surface area contributed by atoms with Crippen molar-refractivity contribution in [1.29, 1.82) is 0 Å². The Hall–Kier alpha value is -2.86. The Morgan fingerprint density at radius 2 is 1.91 bits per heavy atom. The highest BCUT2D eigenvalue weighted by Crippen LogP contribution is 2.36. The third-order valence-corrected chi connectivity index (χ3v) is 7.07. The zero-order chi connectivity index (χ0) is 22.7. The molecular formula is C26H31NO5. The molecule has 32 heavy (non-hydrogen) atoms. The third-order valence-electron chi connectivity index (χ3n) is 7.07. The van der Waals surface area contributed by atoms with Gasteiger partial charge >= 0.3 is 5.97 Å². The topological polar surface area (TPSA) is 84.9 Å². The van der Waals surface area contributed by atoms with Crippen LogP contribution in [0.3, 0.4) is 0 Å². The van der Waals surface area contributed by atoms with Crippen molar-refractivity contribution in [2.24, 2.45) is 5.92 Å². The van der Waals surface area contributed by atoms with E-state index in [1.807, 2.05) is 12.1 Å². The highest BCUT2D eigenvalue weighted by atomic mass is 16.5. The van der Waals surface area contributed by atoms with Gasteiger partial charge in [0.1, 0.15) is 11.3 Å². The first-order valence-corrected chi connectivity index (χ1v) is 11.4. The predicted molar refractivity (Wildman–Crippen MR) is 122 cm³/mol. The maximum Gasteiger partial charge on any atom is 0.329 e. The average Bonchev–Trinajstić information content (AvgIpc) is 2.78. The lowest BCUT2D eigenvalue weighted by Gasteiger charge is -2.37. The van der Waals surface area contributed by atoms with E-state index < -0.39 is 11.5 Å². The van der Waals surface area contributed by atoms with E-state index in [2.05, 4.69) is 24.4 Å². The molecule has 1 saturated carbocycles. The molecule has 2 N–H and O–H groups in total. The van der Waals surface area contributed by atoms with Crippen molar-refractivity contribution >= 4 is 11.9 Å². The minimum atomic E-state index is -1.20.